The van der Waals surface area contributed by atoms with E-state index in [1.54, 1.807) is 0 Å². The van der Waals surface area contributed by atoms with Gasteiger partial charge in [-0.1, -0.05) is 13.8 Å². The van der Waals surface area contributed by atoms with Crippen molar-refractivity contribution in [2.24, 2.45) is 5.92 Å². The molecule has 2 heterocycles. The van der Waals surface area contributed by atoms with Gasteiger partial charge >= 0.3 is 0 Å². The third-order valence-electron chi connectivity index (χ3n) is 3.32. The van der Waals surface area contributed by atoms with Crippen molar-refractivity contribution in [1.29, 1.82) is 0 Å². The minimum Gasteiger partial charge on any atom is -0.296 e. The van der Waals surface area contributed by atoms with Gasteiger partial charge in [0.05, 0.1) is 0 Å². The highest BCUT2D eigenvalue weighted by atomic mass is 15.2. The van der Waals surface area contributed by atoms with Gasteiger partial charge < -0.3 is 0 Å². The first-order chi connectivity index (χ1) is 7.27. The van der Waals surface area contributed by atoms with Crippen molar-refractivity contribution in [1.82, 2.24) is 9.88 Å². The lowest BCUT2D eigenvalue weighted by Crippen LogP contribution is -2.32. The van der Waals surface area contributed by atoms with Crippen LogP contribution in [-0.2, 0) is 6.54 Å². The molecule has 1 aliphatic rings. The van der Waals surface area contributed by atoms with E-state index in [1.165, 1.54) is 24.9 Å². The first kappa shape index (κ1) is 10.6. The summed E-state index contributed by atoms with van der Waals surface area (Å²) >= 11 is 0. The van der Waals surface area contributed by atoms with Crippen LogP contribution in [0.4, 0.5) is 0 Å². The number of likely N-dealkylation sites (tertiary alicyclic amines) is 1. The third kappa shape index (κ3) is 2.57. The van der Waals surface area contributed by atoms with Gasteiger partial charge in [-0.3, -0.25) is 9.88 Å². The molecule has 1 aromatic heterocycles. The average Bonchev–Trinajstić information content (AvgIpc) is 2.67. The van der Waals surface area contributed by atoms with E-state index in [-0.39, 0.29) is 0 Å². The van der Waals surface area contributed by atoms with Gasteiger partial charge in [0.25, 0.3) is 0 Å². The lowest BCUT2D eigenvalue weighted by molar-refractivity contribution is 0.199. The molecule has 0 radical (unpaired) electrons. The Morgan fingerprint density at radius 2 is 2.13 bits per heavy atom. The summed E-state index contributed by atoms with van der Waals surface area (Å²) in [6.07, 6.45) is 6.49. The Kier molecular flexibility index (Phi) is 3.37. The molecule has 0 bridgehead atoms. The minimum absolute atomic E-state index is 0.773. The van der Waals surface area contributed by atoms with Gasteiger partial charge in [-0.05, 0) is 43.0 Å². The normalized spacial score (nSPS) is 22.5. The maximum Gasteiger partial charge on any atom is 0.0271 e. The van der Waals surface area contributed by atoms with Gasteiger partial charge in [-0.2, -0.15) is 0 Å². The van der Waals surface area contributed by atoms with E-state index in [0.29, 0.717) is 0 Å². The molecule has 1 aromatic rings. The predicted molar refractivity (Wildman–Crippen MR) is 62.5 cm³/mol. The molecule has 0 amide bonds. The number of rotatable bonds is 3. The molecular weight excluding hydrogens is 184 g/mol. The van der Waals surface area contributed by atoms with Crippen molar-refractivity contribution in [3.63, 3.8) is 0 Å². The van der Waals surface area contributed by atoms with Gasteiger partial charge in [0.2, 0.25) is 0 Å². The molecule has 2 heteroatoms. The second kappa shape index (κ2) is 4.75. The van der Waals surface area contributed by atoms with Crippen LogP contribution in [0.2, 0.25) is 0 Å². The maximum absolute atomic E-state index is 4.06. The fourth-order valence-electron chi connectivity index (χ4n) is 2.53. The number of hydrogen-bond acceptors (Lipinski definition) is 2. The van der Waals surface area contributed by atoms with Crippen molar-refractivity contribution in [3.8, 4) is 0 Å². The summed E-state index contributed by atoms with van der Waals surface area (Å²) in [7, 11) is 0. The summed E-state index contributed by atoms with van der Waals surface area (Å²) in [5.74, 6) is 0.773. The highest BCUT2D eigenvalue weighted by Gasteiger charge is 2.26. The molecule has 2 rings (SSSR count). The summed E-state index contributed by atoms with van der Waals surface area (Å²) in [6, 6.07) is 5.02. The summed E-state index contributed by atoms with van der Waals surface area (Å²) in [5, 5.41) is 0. The van der Waals surface area contributed by atoms with E-state index in [1.807, 2.05) is 12.4 Å². The van der Waals surface area contributed by atoms with Crippen molar-refractivity contribution in [2.75, 3.05) is 6.54 Å². The Hall–Kier alpha value is -0.890. The van der Waals surface area contributed by atoms with Crippen LogP contribution in [0, 0.1) is 5.92 Å². The summed E-state index contributed by atoms with van der Waals surface area (Å²) in [6.45, 7) is 7.00. The monoisotopic (exact) mass is 204 g/mol. The average molecular weight is 204 g/mol. The summed E-state index contributed by atoms with van der Waals surface area (Å²) in [5.41, 5.74) is 1.39. The zero-order valence-electron chi connectivity index (χ0n) is 9.69. The zero-order valence-corrected chi connectivity index (χ0v) is 9.69. The van der Waals surface area contributed by atoms with Crippen LogP contribution in [0.3, 0.4) is 0 Å². The third-order valence-corrected chi connectivity index (χ3v) is 3.32. The first-order valence-electron chi connectivity index (χ1n) is 5.90. The van der Waals surface area contributed by atoms with Gasteiger partial charge in [0.1, 0.15) is 0 Å². The number of aromatic nitrogens is 1. The van der Waals surface area contributed by atoms with Crippen molar-refractivity contribution in [2.45, 2.75) is 39.3 Å². The fraction of sp³-hybridized carbons (Fsp3) is 0.615. The van der Waals surface area contributed by atoms with Crippen molar-refractivity contribution < 1.29 is 0 Å². The quantitative estimate of drug-likeness (QED) is 0.752. The van der Waals surface area contributed by atoms with Crippen LogP contribution in [0.15, 0.2) is 24.5 Å². The molecule has 1 aliphatic heterocycles. The molecule has 0 aromatic carbocycles. The highest BCUT2D eigenvalue weighted by Crippen LogP contribution is 2.25. The Balaban J connectivity index is 2.00. The number of hydrogen-bond donors (Lipinski definition) is 0. The molecule has 0 aliphatic carbocycles. The standard InChI is InChI=1S/C13H20N2/c1-11(2)13-4-3-9-15(13)10-12-5-7-14-8-6-12/h5-8,11,13H,3-4,9-10H2,1-2H3. The second-order valence-corrected chi connectivity index (χ2v) is 4.78. The van der Waals surface area contributed by atoms with Gasteiger partial charge in [-0.25, -0.2) is 0 Å². The smallest absolute Gasteiger partial charge is 0.0271 e. The maximum atomic E-state index is 4.06. The van der Waals surface area contributed by atoms with E-state index >= 15 is 0 Å². The Bertz CT molecular complexity index is 295. The van der Waals surface area contributed by atoms with Crippen LogP contribution in [-0.4, -0.2) is 22.5 Å². The second-order valence-electron chi connectivity index (χ2n) is 4.78. The Morgan fingerprint density at radius 3 is 2.80 bits per heavy atom. The number of nitrogens with zero attached hydrogens (tertiary/aromatic N) is 2. The van der Waals surface area contributed by atoms with Crippen LogP contribution in [0.1, 0.15) is 32.3 Å². The highest BCUT2D eigenvalue weighted by molar-refractivity contribution is 5.10. The lowest BCUT2D eigenvalue weighted by Gasteiger charge is -2.27. The van der Waals surface area contributed by atoms with E-state index in [4.69, 9.17) is 0 Å². The van der Waals surface area contributed by atoms with E-state index in [0.717, 1.165) is 18.5 Å². The van der Waals surface area contributed by atoms with Crippen molar-refractivity contribution in [3.05, 3.63) is 30.1 Å². The molecule has 15 heavy (non-hydrogen) atoms. The van der Waals surface area contributed by atoms with Crippen LogP contribution in [0.5, 0.6) is 0 Å². The van der Waals surface area contributed by atoms with Gasteiger partial charge in [0.15, 0.2) is 0 Å². The van der Waals surface area contributed by atoms with E-state index in [2.05, 4.69) is 35.9 Å². The molecule has 2 nitrogen and oxygen atoms in total. The largest absolute Gasteiger partial charge is 0.296 e. The van der Waals surface area contributed by atoms with Crippen molar-refractivity contribution >= 4 is 0 Å². The number of pyridine rings is 1. The van der Waals surface area contributed by atoms with Crippen LogP contribution >= 0.6 is 0 Å². The zero-order chi connectivity index (χ0) is 10.7. The van der Waals surface area contributed by atoms with Crippen LogP contribution < -0.4 is 0 Å². The minimum atomic E-state index is 0.773. The first-order valence-corrected chi connectivity index (χ1v) is 5.90. The van der Waals surface area contributed by atoms with Gasteiger partial charge in [-0.15, -0.1) is 0 Å². The molecule has 1 fully saturated rings. The Labute approximate surface area is 92.3 Å². The topological polar surface area (TPSA) is 16.1 Å². The molecular formula is C13H20N2. The van der Waals surface area contributed by atoms with E-state index < -0.39 is 0 Å². The van der Waals surface area contributed by atoms with E-state index in [9.17, 15) is 0 Å². The Morgan fingerprint density at radius 1 is 1.40 bits per heavy atom. The summed E-state index contributed by atoms with van der Waals surface area (Å²) in [4.78, 5) is 6.67. The molecule has 0 spiro atoms. The van der Waals surface area contributed by atoms with Gasteiger partial charge in [0, 0.05) is 25.0 Å². The molecule has 0 saturated carbocycles. The molecule has 1 unspecified atom stereocenters. The lowest BCUT2D eigenvalue weighted by atomic mass is 10.0. The molecule has 1 atom stereocenters. The predicted octanol–water partition coefficient (Wildman–Crippen LogP) is 2.70. The molecule has 82 valence electrons. The fourth-order valence-corrected chi connectivity index (χ4v) is 2.53. The van der Waals surface area contributed by atoms with Crippen LogP contribution in [0.25, 0.3) is 0 Å². The molecule has 1 saturated heterocycles. The summed E-state index contributed by atoms with van der Waals surface area (Å²) < 4.78 is 0. The SMILES string of the molecule is CC(C)C1CCCN1Cc1ccncc1. The molecule has 0 N–H and O–H groups in total.